The fourth-order valence-electron chi connectivity index (χ4n) is 3.64. The lowest BCUT2D eigenvalue weighted by molar-refractivity contribution is 0.587. The maximum Gasteiger partial charge on any atom is 0.276 e. The summed E-state index contributed by atoms with van der Waals surface area (Å²) in [6.07, 6.45) is 5.18. The van der Waals surface area contributed by atoms with E-state index in [9.17, 15) is 13.2 Å². The van der Waals surface area contributed by atoms with E-state index in [0.29, 0.717) is 16.5 Å². The minimum atomic E-state index is -3.84. The zero-order valence-electron chi connectivity index (χ0n) is 14.5. The highest BCUT2D eigenvalue weighted by Gasteiger charge is 2.28. The summed E-state index contributed by atoms with van der Waals surface area (Å²) in [6.45, 7) is 5.53. The molecule has 0 saturated heterocycles. The van der Waals surface area contributed by atoms with Gasteiger partial charge in [-0.1, -0.05) is 17.7 Å². The van der Waals surface area contributed by atoms with E-state index in [2.05, 4.69) is 0 Å². The number of aromatic nitrogens is 2. The number of fused-ring (bicyclic) bond motifs is 1. The largest absolute Gasteiger partial charge is 0.311 e. The second kappa shape index (κ2) is 5.33. The number of hydrogen-bond acceptors (Lipinski definition) is 3. The van der Waals surface area contributed by atoms with Gasteiger partial charge in [0.1, 0.15) is 5.52 Å². The van der Waals surface area contributed by atoms with Crippen molar-refractivity contribution in [2.45, 2.75) is 44.6 Å². The molecule has 1 saturated carbocycles. The summed E-state index contributed by atoms with van der Waals surface area (Å²) >= 11 is 0. The van der Waals surface area contributed by atoms with E-state index in [4.69, 9.17) is 0 Å². The van der Waals surface area contributed by atoms with Gasteiger partial charge in [0.15, 0.2) is 0 Å². The Morgan fingerprint density at radius 1 is 1.00 bits per heavy atom. The van der Waals surface area contributed by atoms with Crippen molar-refractivity contribution in [1.82, 2.24) is 8.54 Å². The fourth-order valence-corrected chi connectivity index (χ4v) is 5.42. The van der Waals surface area contributed by atoms with Crippen LogP contribution in [0.1, 0.15) is 35.6 Å². The summed E-state index contributed by atoms with van der Waals surface area (Å²) in [6, 6.07) is 7.41. The summed E-state index contributed by atoms with van der Waals surface area (Å²) in [5.41, 5.74) is 2.39. The Balaban J connectivity index is 2.01. The van der Waals surface area contributed by atoms with Crippen molar-refractivity contribution >= 4 is 20.9 Å². The van der Waals surface area contributed by atoms with Crippen LogP contribution in [-0.2, 0) is 10.0 Å². The summed E-state index contributed by atoms with van der Waals surface area (Å²) in [7, 11) is -3.84. The Hall–Kier alpha value is -2.34. The molecule has 1 aliphatic carbocycles. The molecule has 1 fully saturated rings. The molecule has 6 heteroatoms. The molecule has 1 aromatic carbocycles. The van der Waals surface area contributed by atoms with Gasteiger partial charge < -0.3 is 4.57 Å². The van der Waals surface area contributed by atoms with Crippen molar-refractivity contribution in [3.8, 4) is 0 Å². The van der Waals surface area contributed by atoms with Gasteiger partial charge in [0.2, 0.25) is 0 Å². The van der Waals surface area contributed by atoms with Crippen molar-refractivity contribution in [2.24, 2.45) is 0 Å². The first-order valence-corrected chi connectivity index (χ1v) is 9.80. The zero-order valence-corrected chi connectivity index (χ0v) is 15.3. The third kappa shape index (κ3) is 2.43. The molecule has 2 aromatic heterocycles. The molecule has 2 heterocycles. The molecule has 0 bridgehead atoms. The fraction of sp³-hybridized carbons (Fsp3) is 0.316. The molecule has 0 spiro atoms. The van der Waals surface area contributed by atoms with Crippen LogP contribution in [0.3, 0.4) is 0 Å². The molecule has 130 valence electrons. The minimum Gasteiger partial charge on any atom is -0.311 e. The van der Waals surface area contributed by atoms with Crippen molar-refractivity contribution in [2.75, 3.05) is 0 Å². The van der Waals surface area contributed by atoms with Gasteiger partial charge in [0.05, 0.1) is 4.90 Å². The molecular formula is C19H20N2O3S. The Morgan fingerprint density at radius 3 is 2.20 bits per heavy atom. The quantitative estimate of drug-likeness (QED) is 0.723. The van der Waals surface area contributed by atoms with Crippen LogP contribution in [0.25, 0.3) is 10.9 Å². The number of pyridine rings is 1. The topological polar surface area (TPSA) is 61.1 Å². The molecule has 0 N–H and O–H groups in total. The average molecular weight is 356 g/mol. The maximum absolute atomic E-state index is 13.3. The van der Waals surface area contributed by atoms with Crippen LogP contribution in [-0.4, -0.2) is 17.0 Å². The van der Waals surface area contributed by atoms with Gasteiger partial charge in [-0.3, -0.25) is 4.79 Å². The lowest BCUT2D eigenvalue weighted by atomic mass is 10.1. The van der Waals surface area contributed by atoms with E-state index in [1.54, 1.807) is 30.7 Å². The van der Waals surface area contributed by atoms with Crippen LogP contribution < -0.4 is 5.56 Å². The van der Waals surface area contributed by atoms with Crippen molar-refractivity contribution in [1.29, 1.82) is 0 Å². The number of nitrogens with zero attached hydrogens (tertiary/aromatic N) is 2. The summed E-state index contributed by atoms with van der Waals surface area (Å²) in [5.74, 6) is 0. The van der Waals surface area contributed by atoms with E-state index in [-0.39, 0.29) is 22.0 Å². The molecule has 3 aromatic rings. The average Bonchev–Trinajstić information content (AvgIpc) is 3.23. The van der Waals surface area contributed by atoms with Gasteiger partial charge in [-0.05, 0) is 56.9 Å². The Labute approximate surface area is 146 Å². The first-order valence-electron chi connectivity index (χ1n) is 8.36. The van der Waals surface area contributed by atoms with Crippen molar-refractivity contribution in [3.05, 3.63) is 63.7 Å². The van der Waals surface area contributed by atoms with E-state index >= 15 is 0 Å². The Kier molecular flexibility index (Phi) is 3.44. The standard InChI is InChI=1S/C19H20N2O3S/c1-12-10-13(2)18(14(3)11-12)25(23,24)21-9-7-15-6-8-20(16-4-5-16)19(22)17(15)21/h6-11,16H,4-5H2,1-3H3. The molecule has 25 heavy (non-hydrogen) atoms. The van der Waals surface area contributed by atoms with Gasteiger partial charge in [0, 0.05) is 23.8 Å². The first kappa shape index (κ1) is 16.1. The van der Waals surface area contributed by atoms with Gasteiger partial charge in [-0.2, -0.15) is 0 Å². The minimum absolute atomic E-state index is 0.200. The third-order valence-corrected chi connectivity index (χ3v) is 6.78. The van der Waals surface area contributed by atoms with Crippen molar-refractivity contribution in [3.63, 3.8) is 0 Å². The normalized spacial score (nSPS) is 15.0. The van der Waals surface area contributed by atoms with Crippen LogP contribution in [0.15, 0.2) is 46.3 Å². The molecule has 5 nitrogen and oxygen atoms in total. The number of hydrogen-bond donors (Lipinski definition) is 0. The molecule has 0 radical (unpaired) electrons. The van der Waals surface area contributed by atoms with Gasteiger partial charge in [0.25, 0.3) is 15.6 Å². The first-order chi connectivity index (χ1) is 11.8. The molecule has 0 unspecified atom stereocenters. The lowest BCUT2D eigenvalue weighted by Crippen LogP contribution is -2.24. The number of aryl methyl sites for hydroxylation is 3. The highest BCUT2D eigenvalue weighted by atomic mass is 32.2. The zero-order chi connectivity index (χ0) is 17.9. The monoisotopic (exact) mass is 356 g/mol. The third-order valence-electron chi connectivity index (χ3n) is 4.80. The molecule has 0 amide bonds. The van der Waals surface area contributed by atoms with Crippen LogP contribution in [0, 0.1) is 20.8 Å². The van der Waals surface area contributed by atoms with Crippen LogP contribution >= 0.6 is 0 Å². The number of rotatable bonds is 3. The highest BCUT2D eigenvalue weighted by Crippen LogP contribution is 2.34. The molecule has 0 atom stereocenters. The van der Waals surface area contributed by atoms with E-state index < -0.39 is 10.0 Å². The van der Waals surface area contributed by atoms with Gasteiger partial charge in [-0.15, -0.1) is 0 Å². The van der Waals surface area contributed by atoms with Crippen LogP contribution in [0.2, 0.25) is 0 Å². The smallest absolute Gasteiger partial charge is 0.276 e. The molecule has 4 rings (SSSR count). The molecular weight excluding hydrogens is 336 g/mol. The summed E-state index contributed by atoms with van der Waals surface area (Å²) in [5, 5.41) is 0.646. The predicted molar refractivity (Wildman–Crippen MR) is 97.7 cm³/mol. The van der Waals surface area contributed by atoms with Crippen LogP contribution in [0.4, 0.5) is 0 Å². The number of benzene rings is 1. The summed E-state index contributed by atoms with van der Waals surface area (Å²) in [4.78, 5) is 13.1. The van der Waals surface area contributed by atoms with Crippen molar-refractivity contribution < 1.29 is 8.42 Å². The Morgan fingerprint density at radius 2 is 1.60 bits per heavy atom. The predicted octanol–water partition coefficient (Wildman–Crippen LogP) is 3.30. The second-order valence-corrected chi connectivity index (χ2v) is 8.66. The van der Waals surface area contributed by atoms with E-state index in [1.807, 2.05) is 25.1 Å². The van der Waals surface area contributed by atoms with Gasteiger partial charge in [-0.25, -0.2) is 12.4 Å². The van der Waals surface area contributed by atoms with Gasteiger partial charge >= 0.3 is 0 Å². The Bertz CT molecular complexity index is 1140. The second-order valence-electron chi connectivity index (χ2n) is 6.91. The maximum atomic E-state index is 13.3. The molecule has 0 aliphatic heterocycles. The van der Waals surface area contributed by atoms with E-state index in [0.717, 1.165) is 22.4 Å². The summed E-state index contributed by atoms with van der Waals surface area (Å²) < 4.78 is 29.5. The highest BCUT2D eigenvalue weighted by molar-refractivity contribution is 7.90. The van der Waals surface area contributed by atoms with Crippen LogP contribution in [0.5, 0.6) is 0 Å². The lowest BCUT2D eigenvalue weighted by Gasteiger charge is -2.14. The van der Waals surface area contributed by atoms with E-state index in [1.165, 1.54) is 6.20 Å². The SMILES string of the molecule is Cc1cc(C)c(S(=O)(=O)n2ccc3ccn(C4CC4)c(=O)c32)c(C)c1. The molecule has 1 aliphatic rings.